The number of hydrogen-bond acceptors (Lipinski definition) is 9. The number of amides is 3. The highest BCUT2D eigenvalue weighted by Gasteiger charge is 2.37. The van der Waals surface area contributed by atoms with Crippen molar-refractivity contribution in [3.63, 3.8) is 0 Å². The van der Waals surface area contributed by atoms with Crippen molar-refractivity contribution in [1.29, 1.82) is 0 Å². The van der Waals surface area contributed by atoms with Crippen LogP contribution in [0.2, 0.25) is 0 Å². The molecule has 2 fully saturated rings. The number of methoxy groups -OCH3 is 1. The van der Waals surface area contributed by atoms with E-state index in [9.17, 15) is 14.4 Å². The van der Waals surface area contributed by atoms with E-state index in [1.165, 1.54) is 7.11 Å². The normalized spacial score (nSPS) is 18.3. The summed E-state index contributed by atoms with van der Waals surface area (Å²) in [6.07, 6.45) is 11.5. The Balaban J connectivity index is 1.03. The average molecular weight is 733 g/mol. The number of likely N-dealkylation sites (tertiary alicyclic amines) is 2. The molecule has 4 aromatic heterocycles. The van der Waals surface area contributed by atoms with Crippen molar-refractivity contribution in [1.82, 2.24) is 50.0 Å². The van der Waals surface area contributed by atoms with Crippen molar-refractivity contribution in [3.05, 3.63) is 66.8 Å². The number of nitrogens with zero attached hydrogens (tertiary/aromatic N) is 7. The molecule has 282 valence electrons. The fraction of sp³-hybridized carbons (Fsp3) is 0.450. The van der Waals surface area contributed by atoms with Crippen molar-refractivity contribution >= 4 is 28.9 Å². The molecule has 14 nitrogen and oxygen atoms in total. The van der Waals surface area contributed by atoms with Gasteiger partial charge in [0.15, 0.2) is 0 Å². The maximum absolute atomic E-state index is 13.5. The van der Waals surface area contributed by atoms with Crippen LogP contribution in [0, 0.1) is 11.8 Å². The molecule has 54 heavy (non-hydrogen) atoms. The maximum atomic E-state index is 13.5. The van der Waals surface area contributed by atoms with E-state index >= 15 is 0 Å². The standard InChI is InChI=1S/C40H48N10O4/c1-6-24(4)17-35(51)49-15-7-9-33(49)37-44-21-31(47-37)26-12-13-27(41-19-26)32-22-42-29-18-25(11-14-28(29)45-32)30-20-43-38(46-30)34-10-8-16-50(34)39(52)36(23(2)3)48-40(53)54-5/h11-14,18-24,33-34,36H,6-10,15-17H2,1-5H3,(H,43,46)(H,44,47)(H,48,53)/t24?,33-,34-,36?/m0/s1. The zero-order chi connectivity index (χ0) is 37.9. The number of carbonyl (C=O) groups excluding carboxylic acids is 3. The van der Waals surface area contributed by atoms with Gasteiger partial charge in [-0.05, 0) is 61.8 Å². The highest BCUT2D eigenvalue weighted by molar-refractivity contribution is 5.86. The number of pyridine rings is 1. The van der Waals surface area contributed by atoms with E-state index in [0.29, 0.717) is 36.1 Å². The summed E-state index contributed by atoms with van der Waals surface area (Å²) in [6.45, 7) is 9.39. The number of rotatable bonds is 11. The fourth-order valence-corrected chi connectivity index (χ4v) is 7.41. The molecule has 1 aromatic carbocycles. The van der Waals surface area contributed by atoms with Crippen LogP contribution in [0.1, 0.15) is 90.0 Å². The Hall–Kier alpha value is -5.66. The predicted molar refractivity (Wildman–Crippen MR) is 204 cm³/mol. The van der Waals surface area contributed by atoms with E-state index in [1.54, 1.807) is 23.5 Å². The molecule has 0 bridgehead atoms. The number of aromatic nitrogens is 7. The summed E-state index contributed by atoms with van der Waals surface area (Å²) in [4.78, 5) is 72.7. The van der Waals surface area contributed by atoms with Gasteiger partial charge in [-0.25, -0.2) is 19.7 Å². The molecule has 4 atom stereocenters. The molecule has 0 spiro atoms. The molecule has 0 saturated carbocycles. The van der Waals surface area contributed by atoms with E-state index in [-0.39, 0.29) is 29.8 Å². The number of carbonyl (C=O) groups is 3. The SMILES string of the molecule is CCC(C)CC(=O)N1CCC[C@H]1c1ncc(-c2ccc(-c3cnc4cc(-c5cnc([C@@H]6CCCN6C(=O)C(NC(=O)OC)C(C)C)[nH]5)ccc4n3)nc2)[nH]1. The van der Waals surface area contributed by atoms with Gasteiger partial charge in [0.1, 0.15) is 23.4 Å². The van der Waals surface area contributed by atoms with Crippen LogP contribution in [-0.4, -0.2) is 88.8 Å². The number of nitrogens with one attached hydrogen (secondary N) is 3. The monoisotopic (exact) mass is 732 g/mol. The second-order valence-electron chi connectivity index (χ2n) is 14.8. The third-order valence-electron chi connectivity index (χ3n) is 10.7. The van der Waals surface area contributed by atoms with Crippen molar-refractivity contribution in [2.45, 2.75) is 84.3 Å². The molecule has 2 saturated heterocycles. The molecule has 14 heteroatoms. The van der Waals surface area contributed by atoms with E-state index in [1.807, 2.05) is 55.3 Å². The third-order valence-corrected chi connectivity index (χ3v) is 10.7. The predicted octanol–water partition coefficient (Wildman–Crippen LogP) is 6.62. The van der Waals surface area contributed by atoms with Crippen LogP contribution in [0.4, 0.5) is 4.79 Å². The number of H-pyrrole nitrogens is 2. The van der Waals surface area contributed by atoms with Gasteiger partial charge in [0.2, 0.25) is 11.8 Å². The quantitative estimate of drug-likeness (QED) is 0.135. The summed E-state index contributed by atoms with van der Waals surface area (Å²) in [5.74, 6) is 1.83. The summed E-state index contributed by atoms with van der Waals surface area (Å²) < 4.78 is 4.75. The number of benzene rings is 1. The second kappa shape index (κ2) is 15.7. The molecular weight excluding hydrogens is 685 g/mol. The third kappa shape index (κ3) is 7.55. The Morgan fingerprint density at radius 1 is 0.815 bits per heavy atom. The van der Waals surface area contributed by atoms with E-state index in [2.05, 4.69) is 39.1 Å². The zero-order valence-corrected chi connectivity index (χ0v) is 31.5. The first-order valence-electron chi connectivity index (χ1n) is 18.9. The minimum absolute atomic E-state index is 0.0274. The Morgan fingerprint density at radius 2 is 1.48 bits per heavy atom. The first kappa shape index (κ1) is 36.7. The molecule has 0 aliphatic carbocycles. The smallest absolute Gasteiger partial charge is 0.407 e. The van der Waals surface area contributed by atoms with Gasteiger partial charge in [-0.1, -0.05) is 40.2 Å². The summed E-state index contributed by atoms with van der Waals surface area (Å²) in [5.41, 5.74) is 6.27. The lowest BCUT2D eigenvalue weighted by atomic mass is 10.0. The highest BCUT2D eigenvalue weighted by Crippen LogP contribution is 2.35. The lowest BCUT2D eigenvalue weighted by molar-refractivity contribution is -0.135. The highest BCUT2D eigenvalue weighted by atomic mass is 16.5. The maximum Gasteiger partial charge on any atom is 0.407 e. The van der Waals surface area contributed by atoms with Crippen LogP contribution >= 0.6 is 0 Å². The minimum atomic E-state index is -0.694. The Morgan fingerprint density at radius 3 is 2.13 bits per heavy atom. The number of ether oxygens (including phenoxy) is 1. The van der Waals surface area contributed by atoms with Crippen LogP contribution in [0.15, 0.2) is 55.1 Å². The first-order chi connectivity index (χ1) is 26.1. The van der Waals surface area contributed by atoms with Crippen molar-refractivity contribution < 1.29 is 19.1 Å². The van der Waals surface area contributed by atoms with Gasteiger partial charge in [0, 0.05) is 36.8 Å². The molecule has 7 rings (SSSR count). The molecule has 6 heterocycles. The largest absolute Gasteiger partial charge is 0.453 e. The molecular formula is C40H48N10O4. The van der Waals surface area contributed by atoms with Gasteiger partial charge in [-0.15, -0.1) is 0 Å². The van der Waals surface area contributed by atoms with Crippen LogP contribution in [-0.2, 0) is 14.3 Å². The minimum Gasteiger partial charge on any atom is -0.453 e. The van der Waals surface area contributed by atoms with Gasteiger partial charge in [0.25, 0.3) is 0 Å². The summed E-state index contributed by atoms with van der Waals surface area (Å²) in [6, 6.07) is 8.83. The summed E-state index contributed by atoms with van der Waals surface area (Å²) >= 11 is 0. The van der Waals surface area contributed by atoms with Gasteiger partial charge >= 0.3 is 6.09 Å². The molecule has 0 radical (unpaired) electrons. The Labute approximate surface area is 314 Å². The van der Waals surface area contributed by atoms with Crippen molar-refractivity contribution in [2.75, 3.05) is 20.2 Å². The molecule has 2 aliphatic rings. The van der Waals surface area contributed by atoms with Crippen molar-refractivity contribution in [2.24, 2.45) is 11.8 Å². The lowest BCUT2D eigenvalue weighted by Gasteiger charge is -2.30. The number of hydrogen-bond donors (Lipinski definition) is 3. The Bertz CT molecular complexity index is 2130. The number of alkyl carbamates (subject to hydrolysis) is 1. The molecule has 5 aromatic rings. The molecule has 3 N–H and O–H groups in total. The summed E-state index contributed by atoms with van der Waals surface area (Å²) in [7, 11) is 1.29. The van der Waals surface area contributed by atoms with Gasteiger partial charge in [-0.2, -0.15) is 0 Å². The first-order valence-corrected chi connectivity index (χ1v) is 18.9. The van der Waals surface area contributed by atoms with E-state index < -0.39 is 12.1 Å². The number of aromatic amines is 2. The van der Waals surface area contributed by atoms with E-state index in [4.69, 9.17) is 19.7 Å². The van der Waals surface area contributed by atoms with Gasteiger partial charge in [0.05, 0.1) is 65.9 Å². The van der Waals surface area contributed by atoms with Crippen LogP contribution < -0.4 is 5.32 Å². The molecule has 2 unspecified atom stereocenters. The Kier molecular flexibility index (Phi) is 10.7. The molecule has 3 amide bonds. The zero-order valence-electron chi connectivity index (χ0n) is 31.5. The average Bonchev–Trinajstić information content (AvgIpc) is 4.03. The second-order valence-corrected chi connectivity index (χ2v) is 14.8. The number of imidazole rings is 2. The van der Waals surface area contributed by atoms with E-state index in [0.717, 1.165) is 78.0 Å². The van der Waals surface area contributed by atoms with Gasteiger partial charge < -0.3 is 29.8 Å². The van der Waals surface area contributed by atoms with Crippen LogP contribution in [0.25, 0.3) is 44.9 Å². The van der Waals surface area contributed by atoms with Crippen molar-refractivity contribution in [3.8, 4) is 33.9 Å². The fourth-order valence-electron chi connectivity index (χ4n) is 7.41. The van der Waals surface area contributed by atoms with Gasteiger partial charge in [-0.3, -0.25) is 19.6 Å². The molecule has 2 aliphatic heterocycles. The lowest BCUT2D eigenvalue weighted by Crippen LogP contribution is -2.51. The number of fused-ring (bicyclic) bond motifs is 1. The summed E-state index contributed by atoms with van der Waals surface area (Å²) in [5, 5.41) is 2.69. The van der Waals surface area contributed by atoms with Crippen LogP contribution in [0.5, 0.6) is 0 Å². The topological polar surface area (TPSA) is 175 Å². The van der Waals surface area contributed by atoms with Crippen LogP contribution in [0.3, 0.4) is 0 Å².